The maximum atomic E-state index is 11.3. The fourth-order valence-electron chi connectivity index (χ4n) is 2.65. The van der Waals surface area contributed by atoms with Gasteiger partial charge in [-0.25, -0.2) is 0 Å². The summed E-state index contributed by atoms with van der Waals surface area (Å²) >= 11 is 5.20. The second-order valence-corrected chi connectivity index (χ2v) is 6.10. The maximum absolute atomic E-state index is 11.3. The molecule has 0 radical (unpaired) electrons. The van der Waals surface area contributed by atoms with Crippen molar-refractivity contribution >= 4 is 29.2 Å². The lowest BCUT2D eigenvalue weighted by Gasteiger charge is -2.30. The van der Waals surface area contributed by atoms with E-state index < -0.39 is 16.4 Å². The lowest BCUT2D eigenvalue weighted by molar-refractivity contribution is -0.398. The SMILES string of the molecule is C[C@H]1CCCC[C@@H]1NC(=S)N/N=C\c1ccc([O-])c([N+](=O)[O-])c1. The summed E-state index contributed by atoms with van der Waals surface area (Å²) in [4.78, 5) is 10.0. The molecule has 8 heteroatoms. The number of nitro groups is 1. The molecule has 1 aliphatic rings. The quantitative estimate of drug-likeness (QED) is 0.378. The third-order valence-electron chi connectivity index (χ3n) is 3.99. The molecule has 2 rings (SSSR count). The molecule has 0 unspecified atom stereocenters. The van der Waals surface area contributed by atoms with Gasteiger partial charge in [0.15, 0.2) is 5.11 Å². The van der Waals surface area contributed by atoms with Crippen LogP contribution in [0.4, 0.5) is 5.69 Å². The van der Waals surface area contributed by atoms with Gasteiger partial charge in [-0.3, -0.25) is 15.5 Å². The monoisotopic (exact) mass is 335 g/mol. The van der Waals surface area contributed by atoms with Crippen LogP contribution in [0.2, 0.25) is 0 Å². The molecule has 0 heterocycles. The minimum absolute atomic E-state index is 0.347. The van der Waals surface area contributed by atoms with Gasteiger partial charge in [0.05, 0.1) is 11.1 Å². The van der Waals surface area contributed by atoms with Gasteiger partial charge in [-0.15, -0.1) is 0 Å². The highest BCUT2D eigenvalue weighted by Crippen LogP contribution is 2.24. The van der Waals surface area contributed by atoms with Crippen LogP contribution in [-0.4, -0.2) is 22.3 Å². The lowest BCUT2D eigenvalue weighted by atomic mass is 9.86. The Labute approximate surface area is 139 Å². The van der Waals surface area contributed by atoms with E-state index in [9.17, 15) is 15.2 Å². The lowest BCUT2D eigenvalue weighted by Crippen LogP contribution is -2.44. The molecule has 0 bridgehead atoms. The molecule has 2 atom stereocenters. The fourth-order valence-corrected chi connectivity index (χ4v) is 2.86. The van der Waals surface area contributed by atoms with Gasteiger partial charge in [-0.05, 0) is 36.7 Å². The topological polar surface area (TPSA) is 103 Å². The predicted molar refractivity (Wildman–Crippen MR) is 90.4 cm³/mol. The second-order valence-electron chi connectivity index (χ2n) is 5.70. The maximum Gasteiger partial charge on any atom is 0.262 e. The van der Waals surface area contributed by atoms with Crippen LogP contribution in [0.1, 0.15) is 38.2 Å². The smallest absolute Gasteiger partial charge is 0.262 e. The minimum Gasteiger partial charge on any atom is -0.868 e. The summed E-state index contributed by atoms with van der Waals surface area (Å²) in [7, 11) is 0. The van der Waals surface area contributed by atoms with E-state index in [1.807, 2.05) is 0 Å². The summed E-state index contributed by atoms with van der Waals surface area (Å²) in [5.41, 5.74) is 2.69. The average Bonchev–Trinajstić information content (AvgIpc) is 2.51. The van der Waals surface area contributed by atoms with Gasteiger partial charge in [0, 0.05) is 17.7 Å². The molecule has 1 fully saturated rings. The van der Waals surface area contributed by atoms with Crippen molar-refractivity contribution in [1.82, 2.24) is 10.7 Å². The molecule has 0 aromatic heterocycles. The van der Waals surface area contributed by atoms with Crippen LogP contribution in [0.3, 0.4) is 0 Å². The van der Waals surface area contributed by atoms with Crippen molar-refractivity contribution in [1.29, 1.82) is 0 Å². The van der Waals surface area contributed by atoms with Crippen LogP contribution in [-0.2, 0) is 0 Å². The van der Waals surface area contributed by atoms with E-state index in [0.717, 1.165) is 12.5 Å². The largest absolute Gasteiger partial charge is 0.868 e. The van der Waals surface area contributed by atoms with Gasteiger partial charge in [0.2, 0.25) is 0 Å². The van der Waals surface area contributed by atoms with Crippen LogP contribution in [0.5, 0.6) is 5.75 Å². The van der Waals surface area contributed by atoms with Crippen LogP contribution >= 0.6 is 12.2 Å². The first kappa shape index (κ1) is 17.1. The third-order valence-corrected chi connectivity index (χ3v) is 4.20. The highest BCUT2D eigenvalue weighted by atomic mass is 32.1. The van der Waals surface area contributed by atoms with Gasteiger partial charge >= 0.3 is 0 Å². The van der Waals surface area contributed by atoms with Crippen LogP contribution in [0.15, 0.2) is 23.3 Å². The molecule has 7 nitrogen and oxygen atoms in total. The Morgan fingerprint density at radius 2 is 2.17 bits per heavy atom. The summed E-state index contributed by atoms with van der Waals surface area (Å²) in [6.07, 6.45) is 6.12. The van der Waals surface area contributed by atoms with Gasteiger partial charge in [-0.1, -0.05) is 31.9 Å². The van der Waals surface area contributed by atoms with Crippen molar-refractivity contribution in [3.8, 4) is 5.75 Å². The Bertz CT molecular complexity index is 621. The number of nitrogens with zero attached hydrogens (tertiary/aromatic N) is 2. The van der Waals surface area contributed by atoms with E-state index in [1.54, 1.807) is 0 Å². The molecule has 1 aromatic rings. The molecular formula is C15H19N4O3S-. The van der Waals surface area contributed by atoms with E-state index in [0.29, 0.717) is 22.6 Å². The first-order valence-electron chi connectivity index (χ1n) is 7.52. The third kappa shape index (κ3) is 4.88. The zero-order chi connectivity index (χ0) is 16.8. The van der Waals surface area contributed by atoms with Crippen molar-refractivity contribution in [3.05, 3.63) is 33.9 Å². The number of thiocarbonyl (C=S) groups is 1. The van der Waals surface area contributed by atoms with E-state index >= 15 is 0 Å². The minimum atomic E-state index is -0.705. The number of hydrogen-bond acceptors (Lipinski definition) is 5. The second kappa shape index (κ2) is 7.87. The molecule has 1 saturated carbocycles. The summed E-state index contributed by atoms with van der Waals surface area (Å²) in [5.74, 6) is -0.0525. The van der Waals surface area contributed by atoms with E-state index in [4.69, 9.17) is 12.2 Å². The molecule has 23 heavy (non-hydrogen) atoms. The van der Waals surface area contributed by atoms with Gasteiger partial charge in [-0.2, -0.15) is 5.10 Å². The normalized spacial score (nSPS) is 21.1. The summed E-state index contributed by atoms with van der Waals surface area (Å²) in [6.45, 7) is 2.20. The van der Waals surface area contributed by atoms with Crippen LogP contribution in [0.25, 0.3) is 0 Å². The Kier molecular flexibility index (Phi) is 5.86. The first-order valence-corrected chi connectivity index (χ1v) is 7.93. The number of nitrogens with one attached hydrogen (secondary N) is 2. The number of hydrazone groups is 1. The number of hydrogen-bond donors (Lipinski definition) is 2. The Morgan fingerprint density at radius 3 is 2.87 bits per heavy atom. The van der Waals surface area contributed by atoms with Crippen molar-refractivity contribution < 1.29 is 10.0 Å². The molecule has 1 aromatic carbocycles. The van der Waals surface area contributed by atoms with Gasteiger partial charge in [0.25, 0.3) is 5.69 Å². The first-order chi connectivity index (χ1) is 11.0. The van der Waals surface area contributed by atoms with E-state index in [2.05, 4.69) is 22.8 Å². The highest BCUT2D eigenvalue weighted by molar-refractivity contribution is 7.80. The Morgan fingerprint density at radius 1 is 1.43 bits per heavy atom. The molecule has 0 saturated heterocycles. The number of benzene rings is 1. The molecule has 124 valence electrons. The average molecular weight is 335 g/mol. The highest BCUT2D eigenvalue weighted by Gasteiger charge is 2.21. The zero-order valence-electron chi connectivity index (χ0n) is 12.8. The zero-order valence-corrected chi connectivity index (χ0v) is 13.6. The number of rotatable bonds is 4. The van der Waals surface area contributed by atoms with Crippen molar-refractivity contribution in [3.63, 3.8) is 0 Å². The molecule has 2 N–H and O–H groups in total. The molecule has 0 spiro atoms. The van der Waals surface area contributed by atoms with Crippen LogP contribution < -0.4 is 15.8 Å². The molecular weight excluding hydrogens is 316 g/mol. The fraction of sp³-hybridized carbons (Fsp3) is 0.467. The van der Waals surface area contributed by atoms with Crippen molar-refractivity contribution in [2.75, 3.05) is 0 Å². The Balaban J connectivity index is 1.89. The number of nitro benzene ring substituents is 1. The van der Waals surface area contributed by atoms with Crippen molar-refractivity contribution in [2.24, 2.45) is 11.0 Å². The van der Waals surface area contributed by atoms with E-state index in [1.165, 1.54) is 37.6 Å². The summed E-state index contributed by atoms with van der Waals surface area (Å²) in [6, 6.07) is 4.16. The molecule has 1 aliphatic carbocycles. The Hall–Kier alpha value is -2.22. The van der Waals surface area contributed by atoms with E-state index in [-0.39, 0.29) is 0 Å². The van der Waals surface area contributed by atoms with Gasteiger partial charge < -0.3 is 10.4 Å². The summed E-state index contributed by atoms with van der Waals surface area (Å²) in [5, 5.41) is 29.7. The van der Waals surface area contributed by atoms with Crippen molar-refractivity contribution in [2.45, 2.75) is 38.6 Å². The molecule has 0 aliphatic heterocycles. The van der Waals surface area contributed by atoms with Crippen LogP contribution in [0, 0.1) is 16.0 Å². The summed E-state index contributed by atoms with van der Waals surface area (Å²) < 4.78 is 0. The molecule has 0 amide bonds. The predicted octanol–water partition coefficient (Wildman–Crippen LogP) is 2.05. The van der Waals surface area contributed by atoms with Gasteiger partial charge in [0.1, 0.15) is 0 Å². The standard InChI is InChI=1S/C15H20N4O3S/c1-10-4-2-3-5-12(10)17-15(23)18-16-9-11-6-7-14(20)13(8-11)19(21)22/h6-10,12,20H,2-5H2,1H3,(H2,17,18,23)/p-1/b16-9-/t10-,12-/m0/s1.